The van der Waals surface area contributed by atoms with Gasteiger partial charge in [0.15, 0.2) is 17.5 Å². The topological polar surface area (TPSA) is 51.8 Å². The molecule has 2 heterocycles. The third kappa shape index (κ3) is 5.83. The Balaban J connectivity index is 1.13. The first kappa shape index (κ1) is 32.7. The molecular formula is C53H33N3O. The van der Waals surface area contributed by atoms with Crippen LogP contribution in [0.3, 0.4) is 0 Å². The number of nitrogens with zero attached hydrogens (tertiary/aromatic N) is 3. The summed E-state index contributed by atoms with van der Waals surface area (Å²) in [5.74, 6) is 1.80. The smallest absolute Gasteiger partial charge is 0.164 e. The van der Waals surface area contributed by atoms with Gasteiger partial charge in [0.2, 0.25) is 0 Å². The summed E-state index contributed by atoms with van der Waals surface area (Å²) in [7, 11) is 0. The second-order valence-corrected chi connectivity index (χ2v) is 14.4. The predicted octanol–water partition coefficient (Wildman–Crippen LogP) is 14.1. The summed E-state index contributed by atoms with van der Waals surface area (Å²) in [6.07, 6.45) is 0. The van der Waals surface area contributed by atoms with Crippen LogP contribution < -0.4 is 0 Å². The predicted molar refractivity (Wildman–Crippen MR) is 235 cm³/mol. The largest absolute Gasteiger partial charge is 0.455 e. The molecule has 0 radical (unpaired) electrons. The number of hydrogen-bond acceptors (Lipinski definition) is 4. The Kier molecular flexibility index (Phi) is 7.78. The van der Waals surface area contributed by atoms with Crippen LogP contribution in [0.4, 0.5) is 0 Å². The normalized spacial score (nSPS) is 11.5. The van der Waals surface area contributed by atoms with Gasteiger partial charge in [-0.3, -0.25) is 0 Å². The molecule has 0 aliphatic carbocycles. The average Bonchev–Trinajstić information content (AvgIpc) is 3.70. The van der Waals surface area contributed by atoms with E-state index in [4.69, 9.17) is 19.4 Å². The van der Waals surface area contributed by atoms with E-state index in [1.54, 1.807) is 0 Å². The van der Waals surface area contributed by atoms with Gasteiger partial charge in [0, 0.05) is 38.4 Å². The van der Waals surface area contributed by atoms with Crippen molar-refractivity contribution in [2.45, 2.75) is 0 Å². The Bertz CT molecular complexity index is 3260. The Morgan fingerprint density at radius 3 is 1.49 bits per heavy atom. The van der Waals surface area contributed by atoms with Gasteiger partial charge in [-0.15, -0.1) is 0 Å². The molecule has 0 atom stereocenters. The van der Waals surface area contributed by atoms with Gasteiger partial charge < -0.3 is 4.42 Å². The minimum atomic E-state index is 0.585. The zero-order chi connectivity index (χ0) is 37.7. The molecule has 0 saturated carbocycles. The second-order valence-electron chi connectivity index (χ2n) is 14.4. The van der Waals surface area contributed by atoms with Crippen molar-refractivity contribution in [2.75, 3.05) is 0 Å². The van der Waals surface area contributed by atoms with E-state index in [1.807, 2.05) is 18.2 Å². The molecule has 266 valence electrons. The maximum Gasteiger partial charge on any atom is 0.164 e. The van der Waals surface area contributed by atoms with E-state index in [2.05, 4.69) is 182 Å². The number of fused-ring (bicyclic) bond motifs is 6. The highest BCUT2D eigenvalue weighted by atomic mass is 16.3. The molecule has 11 aromatic rings. The maximum absolute atomic E-state index is 6.92. The van der Waals surface area contributed by atoms with Crippen LogP contribution in [-0.2, 0) is 0 Å². The van der Waals surface area contributed by atoms with Crippen LogP contribution >= 0.6 is 0 Å². The van der Waals surface area contributed by atoms with E-state index in [-0.39, 0.29) is 0 Å². The summed E-state index contributed by atoms with van der Waals surface area (Å²) in [6, 6.07) is 69.8. The van der Waals surface area contributed by atoms with Crippen LogP contribution in [0, 0.1) is 0 Å². The van der Waals surface area contributed by atoms with Gasteiger partial charge in [-0.1, -0.05) is 170 Å². The standard InChI is InChI=1S/C53H33N3O/c1-4-12-34(13-5-1)36-20-22-39(23-21-36)51-54-52(43-27-26-41-32-40(24-25-42(41)33-43)35-14-6-2-7-15-35)56-53(55-51)47-31-30-45(37-16-8-3-9-17-37)50-48(47)46-29-28-38-18-10-11-19-44(38)49(46)57-50/h1-33H. The number of furan rings is 1. The Labute approximate surface area is 329 Å². The lowest BCUT2D eigenvalue weighted by atomic mass is 9.97. The molecule has 9 aromatic carbocycles. The van der Waals surface area contributed by atoms with E-state index in [1.165, 1.54) is 11.1 Å². The van der Waals surface area contributed by atoms with Crippen molar-refractivity contribution in [3.05, 3.63) is 200 Å². The fourth-order valence-corrected chi connectivity index (χ4v) is 8.03. The Morgan fingerprint density at radius 2 is 0.772 bits per heavy atom. The highest BCUT2D eigenvalue weighted by Gasteiger charge is 2.22. The molecule has 4 nitrogen and oxygen atoms in total. The van der Waals surface area contributed by atoms with Crippen molar-refractivity contribution in [2.24, 2.45) is 0 Å². The fraction of sp³-hybridized carbons (Fsp3) is 0. The molecule has 0 aliphatic rings. The van der Waals surface area contributed by atoms with Crippen molar-refractivity contribution >= 4 is 43.5 Å². The monoisotopic (exact) mass is 727 g/mol. The van der Waals surface area contributed by atoms with Crippen LogP contribution in [0.25, 0.3) is 111 Å². The lowest BCUT2D eigenvalue weighted by Gasteiger charge is -2.12. The van der Waals surface area contributed by atoms with Crippen LogP contribution in [0.2, 0.25) is 0 Å². The van der Waals surface area contributed by atoms with Gasteiger partial charge in [-0.25, -0.2) is 15.0 Å². The zero-order valence-corrected chi connectivity index (χ0v) is 30.8. The Hall–Kier alpha value is -7.69. The molecule has 11 rings (SSSR count). The quantitative estimate of drug-likeness (QED) is 0.171. The third-order valence-corrected chi connectivity index (χ3v) is 10.9. The summed E-state index contributed by atoms with van der Waals surface area (Å²) < 4.78 is 6.92. The molecule has 0 aliphatic heterocycles. The number of hydrogen-bond donors (Lipinski definition) is 0. The van der Waals surface area contributed by atoms with Gasteiger partial charge in [0.05, 0.1) is 0 Å². The first-order valence-electron chi connectivity index (χ1n) is 19.2. The van der Waals surface area contributed by atoms with Crippen LogP contribution in [0.1, 0.15) is 0 Å². The molecule has 2 aromatic heterocycles. The fourth-order valence-electron chi connectivity index (χ4n) is 8.03. The SMILES string of the molecule is c1ccc(-c2ccc(-c3nc(-c4ccc5cc(-c6ccccc6)ccc5c4)nc(-c4ccc(-c5ccccc5)c5oc6c7ccccc7ccc6c45)n3)cc2)cc1. The molecule has 57 heavy (non-hydrogen) atoms. The molecule has 0 saturated heterocycles. The Morgan fingerprint density at radius 1 is 0.281 bits per heavy atom. The van der Waals surface area contributed by atoms with Crippen molar-refractivity contribution in [3.8, 4) is 67.5 Å². The van der Waals surface area contributed by atoms with E-state index >= 15 is 0 Å². The van der Waals surface area contributed by atoms with Crippen LogP contribution in [-0.4, -0.2) is 15.0 Å². The van der Waals surface area contributed by atoms with Gasteiger partial charge in [0.25, 0.3) is 0 Å². The summed E-state index contributed by atoms with van der Waals surface area (Å²) in [5, 5.41) is 6.46. The third-order valence-electron chi connectivity index (χ3n) is 10.9. The molecule has 0 unspecified atom stereocenters. The lowest BCUT2D eigenvalue weighted by molar-refractivity contribution is 0.674. The minimum absolute atomic E-state index is 0.585. The van der Waals surface area contributed by atoms with Gasteiger partial charge >= 0.3 is 0 Å². The van der Waals surface area contributed by atoms with E-state index < -0.39 is 0 Å². The molecule has 0 bridgehead atoms. The number of aromatic nitrogens is 3. The first-order valence-corrected chi connectivity index (χ1v) is 19.2. The minimum Gasteiger partial charge on any atom is -0.455 e. The van der Waals surface area contributed by atoms with Crippen molar-refractivity contribution in [3.63, 3.8) is 0 Å². The molecule has 0 amide bonds. The number of rotatable bonds is 6. The van der Waals surface area contributed by atoms with Crippen molar-refractivity contribution in [1.82, 2.24) is 15.0 Å². The van der Waals surface area contributed by atoms with Crippen molar-refractivity contribution in [1.29, 1.82) is 0 Å². The zero-order valence-electron chi connectivity index (χ0n) is 30.8. The second kappa shape index (κ2) is 13.6. The average molecular weight is 728 g/mol. The van der Waals surface area contributed by atoms with Crippen molar-refractivity contribution < 1.29 is 4.42 Å². The summed E-state index contributed by atoms with van der Waals surface area (Å²) in [5.41, 5.74) is 11.1. The van der Waals surface area contributed by atoms with E-state index in [0.29, 0.717) is 17.5 Å². The van der Waals surface area contributed by atoms with Gasteiger partial charge in [-0.2, -0.15) is 0 Å². The highest BCUT2D eigenvalue weighted by molar-refractivity contribution is 6.21. The first-order chi connectivity index (χ1) is 28.2. The molecular weight excluding hydrogens is 695 g/mol. The maximum atomic E-state index is 6.92. The van der Waals surface area contributed by atoms with Crippen LogP contribution in [0.5, 0.6) is 0 Å². The molecule has 0 spiro atoms. The van der Waals surface area contributed by atoms with Crippen LogP contribution in [0.15, 0.2) is 205 Å². The summed E-state index contributed by atoms with van der Waals surface area (Å²) >= 11 is 0. The highest BCUT2D eigenvalue weighted by Crippen LogP contribution is 2.43. The lowest BCUT2D eigenvalue weighted by Crippen LogP contribution is -2.00. The molecule has 4 heteroatoms. The van der Waals surface area contributed by atoms with E-state index in [9.17, 15) is 0 Å². The van der Waals surface area contributed by atoms with E-state index in [0.717, 1.165) is 82.4 Å². The molecule has 0 N–H and O–H groups in total. The molecule has 0 fully saturated rings. The van der Waals surface area contributed by atoms with Gasteiger partial charge in [-0.05, 0) is 74.3 Å². The number of benzene rings is 9. The van der Waals surface area contributed by atoms with Gasteiger partial charge in [0.1, 0.15) is 11.2 Å². The summed E-state index contributed by atoms with van der Waals surface area (Å²) in [6.45, 7) is 0. The summed E-state index contributed by atoms with van der Waals surface area (Å²) in [4.78, 5) is 15.7.